The number of thioether (sulfide) groups is 2. The fourth-order valence-corrected chi connectivity index (χ4v) is 5.38. The zero-order chi connectivity index (χ0) is 16.4. The SMILES string of the molecule is CCCC[C@@H](O)[C@@H]1OC(CSC2=NCCS2)[C@@H]2OC(C)(C)O[C@H]12. The van der Waals surface area contributed by atoms with Crippen molar-refractivity contribution in [2.45, 2.75) is 76.3 Å². The molecule has 3 aliphatic rings. The van der Waals surface area contributed by atoms with Crippen molar-refractivity contribution in [1.29, 1.82) is 0 Å². The van der Waals surface area contributed by atoms with E-state index in [-0.39, 0.29) is 24.4 Å². The van der Waals surface area contributed by atoms with Gasteiger partial charge in [0.15, 0.2) is 5.79 Å². The van der Waals surface area contributed by atoms with Crippen LogP contribution in [0.4, 0.5) is 0 Å². The highest BCUT2D eigenvalue weighted by atomic mass is 32.2. The van der Waals surface area contributed by atoms with Crippen LogP contribution >= 0.6 is 23.5 Å². The lowest BCUT2D eigenvalue weighted by molar-refractivity contribution is -0.194. The minimum atomic E-state index is -0.607. The highest BCUT2D eigenvalue weighted by Crippen LogP contribution is 2.41. The molecule has 0 aromatic rings. The lowest BCUT2D eigenvalue weighted by Crippen LogP contribution is -2.38. The summed E-state index contributed by atoms with van der Waals surface area (Å²) in [6, 6.07) is 0. The van der Waals surface area contributed by atoms with E-state index in [9.17, 15) is 5.11 Å². The minimum absolute atomic E-state index is 0.0584. The Morgan fingerprint density at radius 1 is 1.39 bits per heavy atom. The molecule has 5 atom stereocenters. The van der Waals surface area contributed by atoms with Crippen molar-refractivity contribution >= 4 is 27.9 Å². The number of hydrogen-bond acceptors (Lipinski definition) is 7. The zero-order valence-electron chi connectivity index (χ0n) is 14.1. The quantitative estimate of drug-likeness (QED) is 0.785. The van der Waals surface area contributed by atoms with E-state index < -0.39 is 11.9 Å². The molecule has 0 radical (unpaired) electrons. The Bertz CT molecular complexity index is 446. The molecule has 1 unspecified atom stereocenters. The molecular weight excluding hydrogens is 334 g/mol. The first-order chi connectivity index (χ1) is 11.0. The largest absolute Gasteiger partial charge is 0.390 e. The average molecular weight is 362 g/mol. The van der Waals surface area contributed by atoms with Crippen LogP contribution in [0.3, 0.4) is 0 Å². The van der Waals surface area contributed by atoms with Crippen LogP contribution in [0.1, 0.15) is 40.0 Å². The molecule has 0 saturated carbocycles. The topological polar surface area (TPSA) is 60.3 Å². The summed E-state index contributed by atoms with van der Waals surface area (Å²) < 4.78 is 19.4. The molecule has 0 aliphatic carbocycles. The normalized spacial score (nSPS) is 37.0. The van der Waals surface area contributed by atoms with Gasteiger partial charge in [-0.25, -0.2) is 0 Å². The summed E-state index contributed by atoms with van der Waals surface area (Å²) in [5, 5.41) is 10.5. The molecule has 3 aliphatic heterocycles. The van der Waals surface area contributed by atoms with Crippen LogP contribution in [-0.2, 0) is 14.2 Å². The number of ether oxygens (including phenoxy) is 3. The van der Waals surface area contributed by atoms with E-state index in [1.807, 2.05) is 13.8 Å². The Labute approximate surface area is 146 Å². The maximum atomic E-state index is 10.5. The molecule has 0 aromatic heterocycles. The molecule has 2 saturated heterocycles. The van der Waals surface area contributed by atoms with Gasteiger partial charge in [0.2, 0.25) is 0 Å². The van der Waals surface area contributed by atoms with Crippen LogP contribution in [0.15, 0.2) is 4.99 Å². The molecule has 1 N–H and O–H groups in total. The Hall–Kier alpha value is 0.210. The number of nitrogens with zero attached hydrogens (tertiary/aromatic N) is 1. The van der Waals surface area contributed by atoms with E-state index >= 15 is 0 Å². The summed E-state index contributed by atoms with van der Waals surface area (Å²) >= 11 is 3.54. The minimum Gasteiger partial charge on any atom is -0.390 e. The third kappa shape index (κ3) is 4.25. The molecule has 132 valence electrons. The average Bonchev–Trinajstić information content (AvgIpc) is 3.18. The summed E-state index contributed by atoms with van der Waals surface area (Å²) in [5.74, 6) is 1.26. The number of unbranched alkanes of at least 4 members (excludes halogenated alkanes) is 1. The van der Waals surface area contributed by atoms with Gasteiger partial charge in [-0.2, -0.15) is 0 Å². The molecule has 0 amide bonds. The van der Waals surface area contributed by atoms with Crippen molar-refractivity contribution in [3.05, 3.63) is 0 Å². The molecule has 7 heteroatoms. The van der Waals surface area contributed by atoms with Crippen molar-refractivity contribution in [1.82, 2.24) is 0 Å². The third-order valence-electron chi connectivity index (χ3n) is 4.35. The van der Waals surface area contributed by atoms with E-state index in [0.717, 1.165) is 41.7 Å². The van der Waals surface area contributed by atoms with Gasteiger partial charge >= 0.3 is 0 Å². The predicted octanol–water partition coefficient (Wildman–Crippen LogP) is 2.66. The maximum Gasteiger partial charge on any atom is 0.164 e. The van der Waals surface area contributed by atoms with Crippen LogP contribution < -0.4 is 0 Å². The summed E-state index contributed by atoms with van der Waals surface area (Å²) in [6.07, 6.45) is 1.68. The second-order valence-electron chi connectivity index (χ2n) is 6.72. The van der Waals surface area contributed by atoms with Gasteiger partial charge in [-0.15, -0.1) is 0 Å². The standard InChI is InChI=1S/C16H27NO4S2/c1-4-5-6-10(18)12-14-13(20-16(2,3)21-14)11(19-12)9-23-15-17-7-8-22-15/h10-14,18H,4-9H2,1-3H3/t10-,11?,12+,13+,14-/m1/s1. The van der Waals surface area contributed by atoms with Crippen molar-refractivity contribution in [2.75, 3.05) is 18.1 Å². The van der Waals surface area contributed by atoms with Gasteiger partial charge < -0.3 is 19.3 Å². The first kappa shape index (κ1) is 18.0. The maximum absolute atomic E-state index is 10.5. The first-order valence-corrected chi connectivity index (χ1v) is 10.5. The fourth-order valence-electron chi connectivity index (χ4n) is 3.29. The summed E-state index contributed by atoms with van der Waals surface area (Å²) in [6.45, 7) is 6.90. The highest BCUT2D eigenvalue weighted by molar-refractivity contribution is 8.39. The van der Waals surface area contributed by atoms with Crippen LogP contribution in [-0.4, -0.2) is 63.8 Å². The van der Waals surface area contributed by atoms with Gasteiger partial charge in [0.25, 0.3) is 0 Å². The van der Waals surface area contributed by atoms with Gasteiger partial charge in [0.1, 0.15) is 22.7 Å². The zero-order valence-corrected chi connectivity index (χ0v) is 15.7. The molecule has 5 nitrogen and oxygen atoms in total. The van der Waals surface area contributed by atoms with Crippen molar-refractivity contribution in [3.63, 3.8) is 0 Å². The van der Waals surface area contributed by atoms with Gasteiger partial charge in [-0.05, 0) is 20.3 Å². The van der Waals surface area contributed by atoms with Gasteiger partial charge in [-0.3, -0.25) is 4.99 Å². The lowest BCUT2D eigenvalue weighted by Gasteiger charge is -2.26. The smallest absolute Gasteiger partial charge is 0.164 e. The molecule has 23 heavy (non-hydrogen) atoms. The van der Waals surface area contributed by atoms with Gasteiger partial charge in [0.05, 0.1) is 18.8 Å². The number of rotatable bonds is 6. The number of fused-ring (bicyclic) bond motifs is 1. The van der Waals surface area contributed by atoms with E-state index in [4.69, 9.17) is 14.2 Å². The summed E-state index contributed by atoms with van der Waals surface area (Å²) in [5.41, 5.74) is 0. The van der Waals surface area contributed by atoms with Crippen LogP contribution in [0, 0.1) is 0 Å². The molecule has 0 aromatic carbocycles. The predicted molar refractivity (Wildman–Crippen MR) is 95.2 cm³/mol. The first-order valence-electron chi connectivity index (χ1n) is 8.49. The highest BCUT2D eigenvalue weighted by Gasteiger charge is 2.56. The summed E-state index contributed by atoms with van der Waals surface area (Å²) in [7, 11) is 0. The van der Waals surface area contributed by atoms with Crippen molar-refractivity contribution in [2.24, 2.45) is 4.99 Å². The van der Waals surface area contributed by atoms with E-state index in [2.05, 4.69) is 11.9 Å². The van der Waals surface area contributed by atoms with E-state index in [0.29, 0.717) is 0 Å². The van der Waals surface area contributed by atoms with Crippen LogP contribution in [0.5, 0.6) is 0 Å². The molecule has 0 spiro atoms. The Morgan fingerprint density at radius 3 is 2.87 bits per heavy atom. The van der Waals surface area contributed by atoms with E-state index in [1.165, 1.54) is 0 Å². The van der Waals surface area contributed by atoms with Crippen LogP contribution in [0.2, 0.25) is 0 Å². The van der Waals surface area contributed by atoms with Crippen molar-refractivity contribution in [3.8, 4) is 0 Å². The molecule has 0 bridgehead atoms. The number of aliphatic hydroxyl groups excluding tert-OH is 1. The third-order valence-corrected chi connectivity index (χ3v) is 6.69. The molecule has 3 heterocycles. The second kappa shape index (κ2) is 7.62. The monoisotopic (exact) mass is 361 g/mol. The number of aliphatic imine (C=N–C) groups is 1. The number of hydrogen-bond donors (Lipinski definition) is 1. The van der Waals surface area contributed by atoms with Crippen molar-refractivity contribution < 1.29 is 19.3 Å². The second-order valence-corrected chi connectivity index (χ2v) is 9.07. The Morgan fingerprint density at radius 2 is 2.17 bits per heavy atom. The summed E-state index contributed by atoms with van der Waals surface area (Å²) in [4.78, 5) is 4.47. The van der Waals surface area contributed by atoms with E-state index in [1.54, 1.807) is 23.5 Å². The van der Waals surface area contributed by atoms with Gasteiger partial charge in [0, 0.05) is 11.5 Å². The fraction of sp³-hybridized carbons (Fsp3) is 0.938. The molecule has 2 fully saturated rings. The number of aliphatic hydroxyl groups is 1. The molecule has 3 rings (SSSR count). The van der Waals surface area contributed by atoms with Crippen LogP contribution in [0.25, 0.3) is 0 Å². The Balaban J connectivity index is 1.63. The molecular formula is C16H27NO4S2. The Kier molecular flexibility index (Phi) is 5.97. The lowest BCUT2D eigenvalue weighted by atomic mass is 10.0. The van der Waals surface area contributed by atoms with Gasteiger partial charge in [-0.1, -0.05) is 43.3 Å².